The average molecular weight is 240 g/mol. The standard InChI is InChI=1S/C14H16N4/c1-11-7-12(9-16-8-11)10-17-14(15)18-13-5-3-2-4-6-13/h2-9H,10H2,1H3,(H3,15,17,18). The van der Waals surface area contributed by atoms with Crippen molar-refractivity contribution in [1.29, 1.82) is 0 Å². The molecule has 0 saturated heterocycles. The summed E-state index contributed by atoms with van der Waals surface area (Å²) in [6.45, 7) is 2.53. The van der Waals surface area contributed by atoms with E-state index in [1.54, 1.807) is 6.20 Å². The summed E-state index contributed by atoms with van der Waals surface area (Å²) in [4.78, 5) is 8.39. The van der Waals surface area contributed by atoms with E-state index >= 15 is 0 Å². The Morgan fingerprint density at radius 1 is 1.28 bits per heavy atom. The molecule has 1 aromatic heterocycles. The minimum absolute atomic E-state index is 0.405. The van der Waals surface area contributed by atoms with Crippen molar-refractivity contribution in [3.05, 3.63) is 59.9 Å². The number of nitrogens with one attached hydrogen (secondary N) is 1. The van der Waals surface area contributed by atoms with Gasteiger partial charge in [0, 0.05) is 18.1 Å². The zero-order valence-electron chi connectivity index (χ0n) is 10.3. The molecule has 2 rings (SSSR count). The lowest BCUT2D eigenvalue weighted by atomic mass is 10.2. The van der Waals surface area contributed by atoms with Crippen molar-refractivity contribution < 1.29 is 0 Å². The highest BCUT2D eigenvalue weighted by Crippen LogP contribution is 2.05. The molecule has 0 radical (unpaired) electrons. The number of aryl methyl sites for hydroxylation is 1. The van der Waals surface area contributed by atoms with Crippen molar-refractivity contribution in [2.75, 3.05) is 5.32 Å². The van der Waals surface area contributed by atoms with Gasteiger partial charge < -0.3 is 11.1 Å². The molecule has 0 bridgehead atoms. The third-order valence-electron chi connectivity index (χ3n) is 2.41. The second-order valence-electron chi connectivity index (χ2n) is 4.06. The molecule has 92 valence electrons. The molecule has 4 heteroatoms. The Bertz CT molecular complexity index is 535. The van der Waals surface area contributed by atoms with Crippen LogP contribution in [0, 0.1) is 6.92 Å². The predicted molar refractivity (Wildman–Crippen MR) is 74.4 cm³/mol. The molecule has 2 aromatic rings. The fourth-order valence-corrected chi connectivity index (χ4v) is 1.59. The molecule has 4 nitrogen and oxygen atoms in total. The number of para-hydroxylation sites is 1. The number of nitrogens with zero attached hydrogens (tertiary/aromatic N) is 2. The largest absolute Gasteiger partial charge is 0.370 e. The molecule has 0 amide bonds. The van der Waals surface area contributed by atoms with Gasteiger partial charge in [-0.05, 0) is 30.2 Å². The predicted octanol–water partition coefficient (Wildman–Crippen LogP) is 2.32. The third kappa shape index (κ3) is 3.59. The summed E-state index contributed by atoms with van der Waals surface area (Å²) >= 11 is 0. The number of pyridine rings is 1. The summed E-state index contributed by atoms with van der Waals surface area (Å²) < 4.78 is 0. The van der Waals surface area contributed by atoms with Gasteiger partial charge >= 0.3 is 0 Å². The van der Waals surface area contributed by atoms with Crippen LogP contribution in [-0.4, -0.2) is 10.9 Å². The van der Waals surface area contributed by atoms with E-state index in [1.165, 1.54) is 0 Å². The van der Waals surface area contributed by atoms with Gasteiger partial charge in [-0.1, -0.05) is 24.3 Å². The highest BCUT2D eigenvalue weighted by Gasteiger charge is 1.95. The molecular formula is C14H16N4. The normalized spacial score (nSPS) is 11.3. The van der Waals surface area contributed by atoms with Crippen LogP contribution in [0.3, 0.4) is 0 Å². The summed E-state index contributed by atoms with van der Waals surface area (Å²) in [5.74, 6) is 0.405. The quantitative estimate of drug-likeness (QED) is 0.639. The molecule has 0 aliphatic heterocycles. The van der Waals surface area contributed by atoms with Crippen LogP contribution in [0.15, 0.2) is 53.8 Å². The Morgan fingerprint density at radius 2 is 2.06 bits per heavy atom. The number of nitrogens with two attached hydrogens (primary N) is 1. The van der Waals surface area contributed by atoms with Crippen LogP contribution in [0.25, 0.3) is 0 Å². The molecule has 1 heterocycles. The first-order valence-electron chi connectivity index (χ1n) is 5.76. The Labute approximate surface area is 107 Å². The van der Waals surface area contributed by atoms with E-state index in [1.807, 2.05) is 49.5 Å². The Hall–Kier alpha value is -2.36. The molecule has 0 fully saturated rings. The number of aromatic nitrogens is 1. The van der Waals surface area contributed by atoms with E-state index in [4.69, 9.17) is 5.73 Å². The molecule has 1 aromatic carbocycles. The van der Waals surface area contributed by atoms with E-state index < -0.39 is 0 Å². The highest BCUT2D eigenvalue weighted by atomic mass is 15.1. The van der Waals surface area contributed by atoms with Gasteiger partial charge in [0.2, 0.25) is 0 Å². The van der Waals surface area contributed by atoms with E-state index in [9.17, 15) is 0 Å². The minimum Gasteiger partial charge on any atom is -0.370 e. The summed E-state index contributed by atoms with van der Waals surface area (Å²) in [6, 6.07) is 11.8. The maximum atomic E-state index is 5.81. The number of aliphatic imine (C=N–C) groups is 1. The zero-order valence-corrected chi connectivity index (χ0v) is 10.3. The van der Waals surface area contributed by atoms with Gasteiger partial charge in [0.15, 0.2) is 5.96 Å². The molecule has 0 aliphatic rings. The lowest BCUT2D eigenvalue weighted by Gasteiger charge is -2.05. The fourth-order valence-electron chi connectivity index (χ4n) is 1.59. The van der Waals surface area contributed by atoms with Crippen LogP contribution in [-0.2, 0) is 6.54 Å². The Balaban J connectivity index is 1.97. The van der Waals surface area contributed by atoms with Crippen LogP contribution in [0.4, 0.5) is 5.69 Å². The van der Waals surface area contributed by atoms with E-state index in [-0.39, 0.29) is 0 Å². The summed E-state index contributed by atoms with van der Waals surface area (Å²) in [7, 11) is 0. The molecule has 0 unspecified atom stereocenters. The van der Waals surface area contributed by atoms with Gasteiger partial charge in [-0.2, -0.15) is 0 Å². The van der Waals surface area contributed by atoms with Gasteiger partial charge in [0.1, 0.15) is 0 Å². The number of hydrogen-bond acceptors (Lipinski definition) is 2. The first kappa shape index (κ1) is 12.1. The smallest absolute Gasteiger partial charge is 0.193 e. The maximum absolute atomic E-state index is 5.81. The monoisotopic (exact) mass is 240 g/mol. The molecule has 3 N–H and O–H groups in total. The number of rotatable bonds is 3. The van der Waals surface area contributed by atoms with Crippen molar-refractivity contribution in [3.8, 4) is 0 Å². The highest BCUT2D eigenvalue weighted by molar-refractivity contribution is 5.92. The van der Waals surface area contributed by atoms with Crippen LogP contribution in [0.2, 0.25) is 0 Å². The Morgan fingerprint density at radius 3 is 2.78 bits per heavy atom. The van der Waals surface area contributed by atoms with Crippen LogP contribution in [0.1, 0.15) is 11.1 Å². The minimum atomic E-state index is 0.405. The number of guanidine groups is 1. The maximum Gasteiger partial charge on any atom is 0.193 e. The van der Waals surface area contributed by atoms with E-state index in [0.29, 0.717) is 12.5 Å². The summed E-state index contributed by atoms with van der Waals surface area (Å²) in [5, 5.41) is 3.03. The van der Waals surface area contributed by atoms with Gasteiger partial charge in [-0.15, -0.1) is 0 Å². The lowest BCUT2D eigenvalue weighted by Crippen LogP contribution is -2.22. The van der Waals surface area contributed by atoms with Crippen LogP contribution < -0.4 is 11.1 Å². The van der Waals surface area contributed by atoms with E-state index in [0.717, 1.165) is 16.8 Å². The first-order valence-corrected chi connectivity index (χ1v) is 5.76. The van der Waals surface area contributed by atoms with Crippen LogP contribution in [0.5, 0.6) is 0 Å². The molecule has 0 aliphatic carbocycles. The number of anilines is 1. The first-order chi connectivity index (χ1) is 8.74. The van der Waals surface area contributed by atoms with Crippen molar-refractivity contribution in [2.24, 2.45) is 10.7 Å². The molecule has 0 saturated carbocycles. The van der Waals surface area contributed by atoms with Gasteiger partial charge in [0.05, 0.1) is 6.54 Å². The average Bonchev–Trinajstić information content (AvgIpc) is 2.38. The number of benzene rings is 1. The van der Waals surface area contributed by atoms with E-state index in [2.05, 4.69) is 15.3 Å². The molecular weight excluding hydrogens is 224 g/mol. The summed E-state index contributed by atoms with van der Waals surface area (Å²) in [6.07, 6.45) is 3.62. The van der Waals surface area contributed by atoms with Crippen molar-refractivity contribution in [2.45, 2.75) is 13.5 Å². The van der Waals surface area contributed by atoms with Gasteiger partial charge in [0.25, 0.3) is 0 Å². The topological polar surface area (TPSA) is 63.3 Å². The molecule has 0 atom stereocenters. The SMILES string of the molecule is Cc1cncc(CN=C(N)Nc2ccccc2)c1. The molecule has 0 spiro atoms. The zero-order chi connectivity index (χ0) is 12.8. The fraction of sp³-hybridized carbons (Fsp3) is 0.143. The van der Waals surface area contributed by atoms with Crippen molar-refractivity contribution in [3.63, 3.8) is 0 Å². The van der Waals surface area contributed by atoms with Gasteiger partial charge in [-0.25, -0.2) is 4.99 Å². The third-order valence-corrected chi connectivity index (χ3v) is 2.41. The van der Waals surface area contributed by atoms with Crippen molar-refractivity contribution in [1.82, 2.24) is 4.98 Å². The summed E-state index contributed by atoms with van der Waals surface area (Å²) in [5.41, 5.74) is 8.91. The second-order valence-corrected chi connectivity index (χ2v) is 4.06. The van der Waals surface area contributed by atoms with Crippen LogP contribution >= 0.6 is 0 Å². The van der Waals surface area contributed by atoms with Crippen molar-refractivity contribution >= 4 is 11.6 Å². The number of hydrogen-bond donors (Lipinski definition) is 2. The lowest BCUT2D eigenvalue weighted by molar-refractivity contribution is 1.03. The Kier molecular flexibility index (Phi) is 3.91. The molecule has 18 heavy (non-hydrogen) atoms. The van der Waals surface area contributed by atoms with Gasteiger partial charge in [-0.3, -0.25) is 4.98 Å². The second kappa shape index (κ2) is 5.82.